The van der Waals surface area contributed by atoms with Crippen molar-refractivity contribution in [1.29, 1.82) is 0 Å². The van der Waals surface area contributed by atoms with Crippen LogP contribution in [0.3, 0.4) is 0 Å². The highest BCUT2D eigenvalue weighted by Gasteiger charge is 2.20. The largest absolute Gasteiger partial charge is 0.378 e. The second-order valence-corrected chi connectivity index (χ2v) is 7.60. The molecule has 0 spiro atoms. The third-order valence-electron chi connectivity index (χ3n) is 2.60. The summed E-state index contributed by atoms with van der Waals surface area (Å²) in [6.07, 6.45) is 0. The van der Waals surface area contributed by atoms with Crippen molar-refractivity contribution in [3.8, 4) is 0 Å². The van der Waals surface area contributed by atoms with Gasteiger partial charge in [-0.15, -0.1) is 0 Å². The van der Waals surface area contributed by atoms with Crippen molar-refractivity contribution in [2.45, 2.75) is 5.75 Å². The van der Waals surface area contributed by atoms with Gasteiger partial charge in [-0.1, -0.05) is 23.2 Å². The number of halogens is 3. The quantitative estimate of drug-likeness (QED) is 0.787. The van der Waals surface area contributed by atoms with Gasteiger partial charge in [0.15, 0.2) is 0 Å². The monoisotopic (exact) mass is 344 g/mol. The topological polar surface area (TPSA) is 59.5 Å². The Morgan fingerprint density at radius 2 is 1.89 bits per heavy atom. The lowest BCUT2D eigenvalue weighted by Gasteiger charge is -2.28. The van der Waals surface area contributed by atoms with Crippen molar-refractivity contribution in [3.05, 3.63) is 21.8 Å². The number of anilines is 1. The first-order chi connectivity index (χ1) is 8.87. The molecule has 1 aliphatic rings. The molecule has 1 saturated heterocycles. The number of ether oxygens (including phenoxy) is 1. The maximum Gasteiger partial charge on any atom is 0.238 e. The maximum atomic E-state index is 11.1. The van der Waals surface area contributed by atoms with E-state index in [4.69, 9.17) is 38.6 Å². The van der Waals surface area contributed by atoms with Crippen LogP contribution in [0.25, 0.3) is 0 Å². The summed E-state index contributed by atoms with van der Waals surface area (Å²) in [5, 5.41) is 0.564. The van der Waals surface area contributed by atoms with Crippen molar-refractivity contribution < 1.29 is 13.2 Å². The first-order valence-corrected chi connectivity index (χ1v) is 8.70. The molecule has 0 aromatic carbocycles. The number of aromatic nitrogens is 1. The molecule has 1 aromatic rings. The minimum atomic E-state index is -3.72. The summed E-state index contributed by atoms with van der Waals surface area (Å²) in [4.78, 5) is 6.15. The van der Waals surface area contributed by atoms with E-state index in [1.54, 1.807) is 0 Å². The lowest BCUT2D eigenvalue weighted by Crippen LogP contribution is -2.37. The average molecular weight is 346 g/mol. The summed E-state index contributed by atoms with van der Waals surface area (Å²) in [6.45, 7) is 2.43. The van der Waals surface area contributed by atoms with E-state index in [0.29, 0.717) is 37.1 Å². The molecule has 0 bridgehead atoms. The van der Waals surface area contributed by atoms with Gasteiger partial charge < -0.3 is 9.64 Å². The van der Waals surface area contributed by atoms with Crippen molar-refractivity contribution in [3.63, 3.8) is 0 Å². The van der Waals surface area contributed by atoms with Gasteiger partial charge in [0.1, 0.15) is 11.6 Å². The minimum Gasteiger partial charge on any atom is -0.378 e. The number of morpholine rings is 1. The highest BCUT2D eigenvalue weighted by molar-refractivity contribution is 8.13. The lowest BCUT2D eigenvalue weighted by molar-refractivity contribution is 0.122. The zero-order chi connectivity index (χ0) is 14.0. The highest BCUT2D eigenvalue weighted by Crippen LogP contribution is 2.30. The molecule has 1 aliphatic heterocycles. The Balaban J connectivity index is 2.35. The van der Waals surface area contributed by atoms with E-state index in [0.717, 1.165) is 0 Å². The van der Waals surface area contributed by atoms with Gasteiger partial charge in [-0.25, -0.2) is 13.4 Å². The zero-order valence-corrected chi connectivity index (χ0v) is 12.9. The van der Waals surface area contributed by atoms with E-state index in [-0.39, 0.29) is 10.7 Å². The molecular weight excluding hydrogens is 335 g/mol. The van der Waals surface area contributed by atoms with Crippen LogP contribution in [0, 0.1) is 0 Å². The van der Waals surface area contributed by atoms with E-state index in [1.165, 1.54) is 6.07 Å². The van der Waals surface area contributed by atoms with Gasteiger partial charge in [-0.2, -0.15) is 0 Å². The maximum absolute atomic E-state index is 11.1. The van der Waals surface area contributed by atoms with Gasteiger partial charge in [0.05, 0.1) is 29.0 Å². The molecule has 1 aromatic heterocycles. The fourth-order valence-electron chi connectivity index (χ4n) is 1.76. The first-order valence-electron chi connectivity index (χ1n) is 5.47. The van der Waals surface area contributed by atoms with E-state index in [1.807, 2.05) is 4.90 Å². The summed E-state index contributed by atoms with van der Waals surface area (Å²) < 4.78 is 27.5. The third-order valence-corrected chi connectivity index (χ3v) is 4.15. The van der Waals surface area contributed by atoms with Crippen molar-refractivity contribution in [1.82, 2.24) is 4.98 Å². The van der Waals surface area contributed by atoms with Gasteiger partial charge in [0, 0.05) is 23.8 Å². The molecule has 0 radical (unpaired) electrons. The Hall–Kier alpha value is -0.270. The molecule has 2 rings (SSSR count). The molecule has 0 aliphatic carbocycles. The van der Waals surface area contributed by atoms with Gasteiger partial charge in [0.25, 0.3) is 0 Å². The summed E-state index contributed by atoms with van der Waals surface area (Å²) in [7, 11) is 1.50. The fraction of sp³-hybridized carbons (Fsp3) is 0.500. The van der Waals surface area contributed by atoms with Crippen LogP contribution in [0.1, 0.15) is 5.69 Å². The number of hydrogen-bond donors (Lipinski definition) is 0. The third kappa shape index (κ3) is 4.10. The van der Waals surface area contributed by atoms with Crippen LogP contribution in [0.15, 0.2) is 6.07 Å². The number of hydrogen-bond acceptors (Lipinski definition) is 5. The second-order valence-electron chi connectivity index (χ2n) is 4.00. The molecule has 0 N–H and O–H groups in total. The predicted molar refractivity (Wildman–Crippen MR) is 75.8 cm³/mol. The zero-order valence-electron chi connectivity index (χ0n) is 9.77. The molecule has 19 heavy (non-hydrogen) atoms. The SMILES string of the molecule is O=S(=O)(Cl)Cc1nc(N2CCOCC2)c(Cl)cc1Cl. The standard InChI is InChI=1S/C10H11Cl3N2O3S/c11-7-5-8(12)10(15-1-3-18-4-2-15)14-9(7)6-19(13,16)17/h5H,1-4,6H2. The summed E-state index contributed by atoms with van der Waals surface area (Å²) in [6, 6.07) is 1.48. The Morgan fingerprint density at radius 3 is 2.47 bits per heavy atom. The van der Waals surface area contributed by atoms with Crippen molar-refractivity contribution in [2.24, 2.45) is 0 Å². The molecule has 2 heterocycles. The minimum absolute atomic E-state index is 0.186. The molecule has 0 amide bonds. The molecular formula is C10H11Cl3N2O3S. The van der Waals surface area contributed by atoms with Crippen LogP contribution in [0.2, 0.25) is 10.0 Å². The molecule has 106 valence electrons. The molecule has 0 unspecified atom stereocenters. The van der Waals surface area contributed by atoms with Gasteiger partial charge in [0.2, 0.25) is 9.05 Å². The molecule has 9 heteroatoms. The number of nitrogens with zero attached hydrogens (tertiary/aromatic N) is 2. The van der Waals surface area contributed by atoms with Gasteiger partial charge in [-0.3, -0.25) is 0 Å². The fourth-order valence-corrected chi connectivity index (χ4v) is 3.24. The normalized spacial score (nSPS) is 16.7. The van der Waals surface area contributed by atoms with Crippen molar-refractivity contribution >= 4 is 48.8 Å². The molecule has 1 fully saturated rings. The Labute approximate surface area is 125 Å². The lowest BCUT2D eigenvalue weighted by atomic mass is 10.3. The molecule has 0 saturated carbocycles. The van der Waals surface area contributed by atoms with Crippen LogP contribution >= 0.6 is 33.9 Å². The summed E-state index contributed by atoms with van der Waals surface area (Å²) >= 11 is 12.0. The molecule has 0 atom stereocenters. The van der Waals surface area contributed by atoms with Crippen LogP contribution in [-0.4, -0.2) is 39.7 Å². The predicted octanol–water partition coefficient (Wildman–Crippen LogP) is 2.29. The van der Waals surface area contributed by atoms with Crippen LogP contribution < -0.4 is 4.90 Å². The van der Waals surface area contributed by atoms with E-state index in [2.05, 4.69) is 4.98 Å². The highest BCUT2D eigenvalue weighted by atomic mass is 35.7. The summed E-state index contributed by atoms with van der Waals surface area (Å²) in [5.74, 6) is 0.0757. The molecule has 5 nitrogen and oxygen atoms in total. The van der Waals surface area contributed by atoms with Crippen LogP contribution in [0.5, 0.6) is 0 Å². The number of pyridine rings is 1. The summed E-state index contributed by atoms with van der Waals surface area (Å²) in [5.41, 5.74) is 0.197. The smallest absolute Gasteiger partial charge is 0.238 e. The van der Waals surface area contributed by atoms with Crippen LogP contribution in [-0.2, 0) is 19.5 Å². The van der Waals surface area contributed by atoms with Gasteiger partial charge in [-0.05, 0) is 6.07 Å². The van der Waals surface area contributed by atoms with E-state index in [9.17, 15) is 8.42 Å². The average Bonchev–Trinajstić information content (AvgIpc) is 2.32. The Bertz CT molecular complexity index is 574. The van der Waals surface area contributed by atoms with E-state index >= 15 is 0 Å². The number of rotatable bonds is 3. The van der Waals surface area contributed by atoms with Crippen LogP contribution in [0.4, 0.5) is 5.82 Å². The van der Waals surface area contributed by atoms with Gasteiger partial charge >= 0.3 is 0 Å². The first kappa shape index (κ1) is 15.1. The second kappa shape index (κ2) is 6.01. The Morgan fingerprint density at radius 1 is 1.26 bits per heavy atom. The van der Waals surface area contributed by atoms with Crippen molar-refractivity contribution in [2.75, 3.05) is 31.2 Å². The van der Waals surface area contributed by atoms with E-state index < -0.39 is 14.8 Å². The Kier molecular flexibility index (Phi) is 4.79.